The fourth-order valence-electron chi connectivity index (χ4n) is 2.80. The van der Waals surface area contributed by atoms with E-state index in [-0.39, 0.29) is 22.9 Å². The van der Waals surface area contributed by atoms with Crippen molar-refractivity contribution >= 4 is 45.7 Å². The van der Waals surface area contributed by atoms with Crippen molar-refractivity contribution in [3.63, 3.8) is 0 Å². The second-order valence-corrected chi connectivity index (χ2v) is 8.58. The third-order valence-corrected chi connectivity index (χ3v) is 6.56. The molecule has 154 valence electrons. The average Bonchev–Trinajstić information content (AvgIpc) is 2.75. The highest BCUT2D eigenvalue weighted by Crippen LogP contribution is 2.22. The SMILES string of the molecule is O=C(NO)/C(S)=C/N=CON1CCN(S(=O)(=O)c2ccc3ccccc3c2)CC1. The lowest BCUT2D eigenvalue weighted by Gasteiger charge is -2.32. The molecular weight excluding hydrogens is 416 g/mol. The summed E-state index contributed by atoms with van der Waals surface area (Å²) in [5.74, 6) is -0.794. The van der Waals surface area contributed by atoms with Gasteiger partial charge >= 0.3 is 0 Å². The van der Waals surface area contributed by atoms with Crippen molar-refractivity contribution < 1.29 is 23.3 Å². The van der Waals surface area contributed by atoms with Crippen LogP contribution in [0.2, 0.25) is 0 Å². The molecule has 29 heavy (non-hydrogen) atoms. The molecule has 11 heteroatoms. The molecule has 0 aliphatic carbocycles. The number of hydroxylamine groups is 3. The summed E-state index contributed by atoms with van der Waals surface area (Å²) in [5.41, 5.74) is 1.43. The topological polar surface area (TPSA) is 112 Å². The first-order chi connectivity index (χ1) is 13.9. The molecule has 0 bridgehead atoms. The highest BCUT2D eigenvalue weighted by Gasteiger charge is 2.29. The van der Waals surface area contributed by atoms with Crippen molar-refractivity contribution in [2.45, 2.75) is 4.90 Å². The Labute approximate surface area is 173 Å². The van der Waals surface area contributed by atoms with Crippen molar-refractivity contribution in [3.05, 3.63) is 53.6 Å². The molecule has 1 aliphatic rings. The van der Waals surface area contributed by atoms with Crippen molar-refractivity contribution in [2.24, 2.45) is 4.99 Å². The number of nitrogens with zero attached hydrogens (tertiary/aromatic N) is 3. The summed E-state index contributed by atoms with van der Waals surface area (Å²) in [7, 11) is -3.60. The van der Waals surface area contributed by atoms with Gasteiger partial charge < -0.3 is 4.84 Å². The van der Waals surface area contributed by atoms with Gasteiger partial charge in [0.2, 0.25) is 16.4 Å². The first kappa shape index (κ1) is 21.3. The zero-order valence-electron chi connectivity index (χ0n) is 15.3. The van der Waals surface area contributed by atoms with E-state index in [0.29, 0.717) is 13.1 Å². The van der Waals surface area contributed by atoms with Gasteiger partial charge in [-0.1, -0.05) is 30.3 Å². The van der Waals surface area contributed by atoms with E-state index < -0.39 is 15.9 Å². The molecule has 0 radical (unpaired) electrons. The van der Waals surface area contributed by atoms with E-state index in [1.54, 1.807) is 23.3 Å². The number of aliphatic imine (C=N–C) groups is 1. The number of hydrogen-bond acceptors (Lipinski definition) is 8. The first-order valence-corrected chi connectivity index (χ1v) is 10.6. The number of fused-ring (bicyclic) bond motifs is 1. The van der Waals surface area contributed by atoms with E-state index in [1.807, 2.05) is 24.3 Å². The van der Waals surface area contributed by atoms with E-state index in [0.717, 1.165) is 23.4 Å². The normalized spacial score (nSPS) is 17.0. The Morgan fingerprint density at radius 2 is 1.83 bits per heavy atom. The zero-order valence-corrected chi connectivity index (χ0v) is 17.0. The molecule has 1 heterocycles. The second-order valence-electron chi connectivity index (χ2n) is 6.16. The molecule has 0 unspecified atom stereocenters. The molecule has 1 aliphatic heterocycles. The Morgan fingerprint density at radius 3 is 2.52 bits per heavy atom. The van der Waals surface area contributed by atoms with Crippen molar-refractivity contribution in [2.75, 3.05) is 26.2 Å². The number of piperazine rings is 1. The fourth-order valence-corrected chi connectivity index (χ4v) is 4.38. The monoisotopic (exact) mass is 436 g/mol. The van der Waals surface area contributed by atoms with E-state index >= 15 is 0 Å². The van der Waals surface area contributed by atoms with Crippen molar-refractivity contribution in [1.82, 2.24) is 14.8 Å². The number of thiol groups is 1. The largest absolute Gasteiger partial charge is 0.394 e. The fraction of sp³-hybridized carbons (Fsp3) is 0.222. The molecule has 2 aromatic carbocycles. The molecule has 2 N–H and O–H groups in total. The molecule has 1 amide bonds. The third kappa shape index (κ3) is 5.14. The number of rotatable bonds is 6. The summed E-state index contributed by atoms with van der Waals surface area (Å²) >= 11 is 3.84. The predicted molar refractivity (Wildman–Crippen MR) is 111 cm³/mol. The van der Waals surface area contributed by atoms with E-state index in [2.05, 4.69) is 17.6 Å². The van der Waals surface area contributed by atoms with Crippen LogP contribution in [0.1, 0.15) is 0 Å². The van der Waals surface area contributed by atoms with Gasteiger partial charge in [-0.25, -0.2) is 18.9 Å². The van der Waals surface area contributed by atoms with E-state index in [9.17, 15) is 13.2 Å². The smallest absolute Gasteiger partial charge is 0.282 e. The number of benzene rings is 2. The van der Waals surface area contributed by atoms with Crippen LogP contribution in [0.4, 0.5) is 0 Å². The van der Waals surface area contributed by atoms with Crippen LogP contribution >= 0.6 is 12.6 Å². The van der Waals surface area contributed by atoms with Gasteiger partial charge in [-0.3, -0.25) is 10.0 Å². The third-order valence-electron chi connectivity index (χ3n) is 4.34. The Morgan fingerprint density at radius 1 is 1.14 bits per heavy atom. The van der Waals surface area contributed by atoms with Crippen LogP contribution in [0.15, 0.2) is 63.5 Å². The van der Waals surface area contributed by atoms with Crippen LogP contribution in [0, 0.1) is 0 Å². The summed E-state index contributed by atoms with van der Waals surface area (Å²) < 4.78 is 27.3. The van der Waals surface area contributed by atoms with Gasteiger partial charge in [-0.2, -0.15) is 4.31 Å². The van der Waals surface area contributed by atoms with Crippen LogP contribution in [0.3, 0.4) is 0 Å². The average molecular weight is 437 g/mol. The minimum absolute atomic E-state index is 0.0985. The quantitative estimate of drug-likeness (QED) is 0.158. The lowest BCUT2D eigenvalue weighted by atomic mass is 10.1. The standard InChI is InChI=1S/C18H20N4O5S2/c23-18(20-24)17(28)12-19-13-27-21-7-9-22(10-8-21)29(25,26)16-6-5-14-3-1-2-4-15(14)11-16/h1-6,11-13,24,28H,7-10H2,(H,20,23)/b17-12-,19-13?. The maximum atomic E-state index is 12.9. The zero-order chi connectivity index (χ0) is 20.9. The minimum Gasteiger partial charge on any atom is -0.394 e. The van der Waals surface area contributed by atoms with Crippen molar-refractivity contribution in [1.29, 1.82) is 0 Å². The Kier molecular flexibility index (Phi) is 6.87. The van der Waals surface area contributed by atoms with Gasteiger partial charge in [-0.05, 0) is 22.9 Å². The van der Waals surface area contributed by atoms with Crippen LogP contribution in [-0.2, 0) is 19.7 Å². The number of carbonyl (C=O) groups is 1. The molecule has 2 aromatic rings. The van der Waals surface area contributed by atoms with Crippen LogP contribution in [0.5, 0.6) is 0 Å². The molecule has 0 spiro atoms. The molecule has 1 fully saturated rings. The highest BCUT2D eigenvalue weighted by atomic mass is 32.2. The summed E-state index contributed by atoms with van der Waals surface area (Å²) in [6, 6.07) is 12.7. The first-order valence-electron chi connectivity index (χ1n) is 8.68. The second kappa shape index (κ2) is 9.37. The molecule has 9 nitrogen and oxygen atoms in total. The van der Waals surface area contributed by atoms with Crippen LogP contribution in [-0.4, -0.2) is 61.5 Å². The summed E-state index contributed by atoms with van der Waals surface area (Å²) in [5, 5.41) is 11.9. The summed E-state index contributed by atoms with van der Waals surface area (Å²) in [6.45, 7) is 1.24. The van der Waals surface area contributed by atoms with Gasteiger partial charge in [-0.15, -0.1) is 17.7 Å². The van der Waals surface area contributed by atoms with E-state index in [4.69, 9.17) is 10.0 Å². The van der Waals surface area contributed by atoms with E-state index in [1.165, 1.54) is 9.79 Å². The van der Waals surface area contributed by atoms with Gasteiger partial charge in [0.15, 0.2) is 0 Å². The van der Waals surface area contributed by atoms with Crippen molar-refractivity contribution in [3.8, 4) is 0 Å². The molecule has 0 atom stereocenters. The molecular formula is C18H20N4O5S2. The lowest BCUT2D eigenvalue weighted by Crippen LogP contribution is -2.48. The van der Waals surface area contributed by atoms with Crippen LogP contribution in [0.25, 0.3) is 10.8 Å². The number of amides is 1. The maximum Gasteiger partial charge on any atom is 0.282 e. The highest BCUT2D eigenvalue weighted by molar-refractivity contribution is 7.89. The van der Waals surface area contributed by atoms with Crippen LogP contribution < -0.4 is 5.48 Å². The van der Waals surface area contributed by atoms with Gasteiger partial charge in [0.1, 0.15) is 0 Å². The number of hydrogen-bond donors (Lipinski definition) is 3. The summed E-state index contributed by atoms with van der Waals surface area (Å²) in [6.07, 6.45) is 2.21. The maximum absolute atomic E-state index is 12.9. The Hall–Kier alpha value is -2.44. The van der Waals surface area contributed by atoms with Gasteiger partial charge in [0.05, 0.1) is 9.80 Å². The molecule has 1 saturated heterocycles. The Balaban J connectivity index is 1.58. The van der Waals surface area contributed by atoms with Gasteiger partial charge in [0.25, 0.3) is 5.91 Å². The summed E-state index contributed by atoms with van der Waals surface area (Å²) in [4.78, 5) is 20.3. The lowest BCUT2D eigenvalue weighted by molar-refractivity contribution is -0.124. The molecule has 0 saturated carbocycles. The number of nitrogens with one attached hydrogen (secondary N) is 1. The minimum atomic E-state index is -3.60. The molecule has 3 rings (SSSR count). The Bertz CT molecular complexity index is 1050. The predicted octanol–water partition coefficient (Wildman–Crippen LogP) is 1.38. The van der Waals surface area contributed by atoms with Gasteiger partial charge in [0, 0.05) is 32.4 Å². The number of sulfonamides is 1. The number of carbonyl (C=O) groups excluding carboxylic acids is 1. The molecule has 0 aromatic heterocycles.